The Labute approximate surface area is 165 Å². The van der Waals surface area contributed by atoms with Gasteiger partial charge in [0.25, 0.3) is 0 Å². The van der Waals surface area contributed by atoms with Gasteiger partial charge in [-0.05, 0) is 43.7 Å². The van der Waals surface area contributed by atoms with E-state index in [-0.39, 0.29) is 5.78 Å². The number of carbonyl (C=O) groups excluding carboxylic acids is 1. The van der Waals surface area contributed by atoms with Crippen molar-refractivity contribution in [2.75, 3.05) is 38.2 Å². The van der Waals surface area contributed by atoms with Gasteiger partial charge in [-0.3, -0.25) is 9.69 Å². The predicted molar refractivity (Wildman–Crippen MR) is 114 cm³/mol. The number of nitrogens with zero attached hydrogens (tertiary/aromatic N) is 2. The molecule has 0 saturated carbocycles. The largest absolute Gasteiger partial charge is 0.497 e. The van der Waals surface area contributed by atoms with Gasteiger partial charge in [-0.25, -0.2) is 0 Å². The van der Waals surface area contributed by atoms with Crippen molar-refractivity contribution in [2.45, 2.75) is 19.9 Å². The number of rotatable bonds is 5. The van der Waals surface area contributed by atoms with Crippen molar-refractivity contribution in [2.24, 2.45) is 0 Å². The van der Waals surface area contributed by atoms with Crippen molar-refractivity contribution in [1.29, 1.82) is 0 Å². The highest BCUT2D eigenvalue weighted by atomic mass is 16.5. The van der Waals surface area contributed by atoms with E-state index in [4.69, 9.17) is 4.74 Å². The van der Waals surface area contributed by atoms with E-state index in [9.17, 15) is 4.79 Å². The average Bonchev–Trinajstić information content (AvgIpc) is 3.11. The van der Waals surface area contributed by atoms with E-state index in [0.29, 0.717) is 12.6 Å². The molecule has 1 aromatic heterocycles. The van der Waals surface area contributed by atoms with Gasteiger partial charge in [0.2, 0.25) is 0 Å². The zero-order chi connectivity index (χ0) is 19.7. The first-order chi connectivity index (χ1) is 13.5. The van der Waals surface area contributed by atoms with E-state index in [1.54, 1.807) is 7.11 Å². The molecule has 1 unspecified atom stereocenters. The normalized spacial score (nSPS) is 17.8. The molecule has 1 fully saturated rings. The number of piperazine rings is 1. The third-order valence-electron chi connectivity index (χ3n) is 5.60. The number of ketones is 1. The number of hydrogen-bond donors (Lipinski definition) is 1. The Morgan fingerprint density at radius 1 is 1.21 bits per heavy atom. The van der Waals surface area contributed by atoms with E-state index in [1.807, 2.05) is 24.4 Å². The molecular weight excluding hydrogens is 350 g/mol. The number of Topliss-reactive ketones (excluding diaryl/α,β-unsaturated/α-hetero) is 1. The number of fused-ring (bicyclic) bond motifs is 1. The average molecular weight is 377 g/mol. The summed E-state index contributed by atoms with van der Waals surface area (Å²) in [7, 11) is 1.65. The van der Waals surface area contributed by atoms with Crippen molar-refractivity contribution in [1.82, 2.24) is 9.88 Å². The van der Waals surface area contributed by atoms with Crippen LogP contribution in [0.1, 0.15) is 22.8 Å². The first-order valence-electron chi connectivity index (χ1n) is 9.79. The third kappa shape index (κ3) is 3.62. The molecular formula is C23H27N3O2. The summed E-state index contributed by atoms with van der Waals surface area (Å²) in [6.45, 7) is 7.51. The first kappa shape index (κ1) is 18.6. The minimum Gasteiger partial charge on any atom is -0.497 e. The summed E-state index contributed by atoms with van der Waals surface area (Å²) in [5.74, 6) is 0.946. The number of methoxy groups -OCH3 is 1. The van der Waals surface area contributed by atoms with E-state index >= 15 is 0 Å². The smallest absolute Gasteiger partial charge is 0.178 e. The minimum absolute atomic E-state index is 0.160. The van der Waals surface area contributed by atoms with Crippen LogP contribution >= 0.6 is 0 Å². The highest BCUT2D eigenvalue weighted by molar-refractivity contribution is 6.09. The lowest BCUT2D eigenvalue weighted by molar-refractivity contribution is 0.0919. The number of carbonyl (C=O) groups is 1. The second-order valence-electron chi connectivity index (χ2n) is 7.65. The molecule has 146 valence electrons. The summed E-state index contributed by atoms with van der Waals surface area (Å²) in [6, 6.07) is 14.8. The zero-order valence-electron chi connectivity index (χ0n) is 16.7. The second kappa shape index (κ2) is 7.68. The molecule has 0 spiro atoms. The molecule has 28 heavy (non-hydrogen) atoms. The summed E-state index contributed by atoms with van der Waals surface area (Å²) < 4.78 is 5.26. The standard InChI is InChI=1S/C23H27N3O2/c1-16-5-4-6-18(11-16)26-10-9-25(14-17(26)2)15-23(27)21-13-24-22-12-19(28-3)7-8-20(21)22/h4-8,11-13,17,24H,9-10,14-15H2,1-3H3. The van der Waals surface area contributed by atoms with Crippen molar-refractivity contribution < 1.29 is 9.53 Å². The maximum atomic E-state index is 12.9. The fraction of sp³-hybridized carbons (Fsp3) is 0.348. The van der Waals surface area contributed by atoms with Gasteiger partial charge in [-0.1, -0.05) is 12.1 Å². The summed E-state index contributed by atoms with van der Waals surface area (Å²) in [5, 5.41) is 0.956. The Kier molecular flexibility index (Phi) is 5.09. The molecule has 0 amide bonds. The van der Waals surface area contributed by atoms with Gasteiger partial charge in [-0.15, -0.1) is 0 Å². The number of benzene rings is 2. The van der Waals surface area contributed by atoms with Crippen LogP contribution in [-0.4, -0.2) is 55.0 Å². The quantitative estimate of drug-likeness (QED) is 0.686. The molecule has 2 heterocycles. The number of ether oxygens (including phenoxy) is 1. The van der Waals surface area contributed by atoms with Gasteiger partial charge < -0.3 is 14.6 Å². The maximum absolute atomic E-state index is 12.9. The van der Waals surface area contributed by atoms with E-state index in [0.717, 1.165) is 41.9 Å². The number of aromatic amines is 1. The fourth-order valence-electron chi connectivity index (χ4n) is 4.12. The van der Waals surface area contributed by atoms with Gasteiger partial charge in [0, 0.05) is 60.1 Å². The molecule has 1 saturated heterocycles. The van der Waals surface area contributed by atoms with E-state index in [1.165, 1.54) is 11.3 Å². The van der Waals surface area contributed by atoms with Crippen LogP contribution < -0.4 is 9.64 Å². The Morgan fingerprint density at radius 3 is 2.82 bits per heavy atom. The van der Waals surface area contributed by atoms with Gasteiger partial charge >= 0.3 is 0 Å². The minimum atomic E-state index is 0.160. The monoisotopic (exact) mass is 377 g/mol. The Balaban J connectivity index is 1.43. The third-order valence-corrected chi connectivity index (χ3v) is 5.60. The van der Waals surface area contributed by atoms with E-state index in [2.05, 4.69) is 52.9 Å². The zero-order valence-corrected chi connectivity index (χ0v) is 16.7. The van der Waals surface area contributed by atoms with E-state index < -0.39 is 0 Å². The van der Waals surface area contributed by atoms with Crippen LogP contribution in [0.15, 0.2) is 48.7 Å². The van der Waals surface area contributed by atoms with Crippen LogP contribution in [0.2, 0.25) is 0 Å². The lowest BCUT2D eigenvalue weighted by atomic mass is 10.1. The Bertz CT molecular complexity index is 994. The molecule has 0 aliphatic carbocycles. The van der Waals surface area contributed by atoms with Crippen molar-refractivity contribution in [3.63, 3.8) is 0 Å². The van der Waals surface area contributed by atoms with Gasteiger partial charge in [0.15, 0.2) is 5.78 Å². The number of nitrogens with one attached hydrogen (secondary N) is 1. The molecule has 3 aromatic rings. The fourth-order valence-corrected chi connectivity index (χ4v) is 4.12. The highest BCUT2D eigenvalue weighted by Crippen LogP contribution is 2.25. The van der Waals surface area contributed by atoms with Crippen LogP contribution in [0.5, 0.6) is 5.75 Å². The van der Waals surface area contributed by atoms with Crippen molar-refractivity contribution in [3.05, 3.63) is 59.8 Å². The first-order valence-corrected chi connectivity index (χ1v) is 9.79. The molecule has 5 nitrogen and oxygen atoms in total. The predicted octanol–water partition coefficient (Wildman–Crippen LogP) is 3.88. The Hall–Kier alpha value is -2.79. The van der Waals surface area contributed by atoms with Gasteiger partial charge in [0.05, 0.1) is 13.7 Å². The second-order valence-corrected chi connectivity index (χ2v) is 7.65. The topological polar surface area (TPSA) is 48.6 Å². The lowest BCUT2D eigenvalue weighted by Crippen LogP contribution is -2.53. The maximum Gasteiger partial charge on any atom is 0.178 e. The van der Waals surface area contributed by atoms with Crippen LogP contribution in [0.25, 0.3) is 10.9 Å². The van der Waals surface area contributed by atoms with Crippen LogP contribution in [0.4, 0.5) is 5.69 Å². The number of H-pyrrole nitrogens is 1. The van der Waals surface area contributed by atoms with Crippen LogP contribution in [0, 0.1) is 6.92 Å². The summed E-state index contributed by atoms with van der Waals surface area (Å²) in [4.78, 5) is 20.8. The molecule has 0 bridgehead atoms. The summed E-state index contributed by atoms with van der Waals surface area (Å²) >= 11 is 0. The van der Waals surface area contributed by atoms with Crippen molar-refractivity contribution >= 4 is 22.4 Å². The molecule has 0 radical (unpaired) electrons. The molecule has 4 rings (SSSR count). The SMILES string of the molecule is COc1ccc2c(C(=O)CN3CCN(c4cccc(C)c4)C(C)C3)c[nH]c2c1. The van der Waals surface area contributed by atoms with Gasteiger partial charge in [0.1, 0.15) is 5.75 Å². The number of anilines is 1. The molecule has 1 aliphatic heterocycles. The summed E-state index contributed by atoms with van der Waals surface area (Å²) in [6.07, 6.45) is 1.82. The molecule has 1 N–H and O–H groups in total. The van der Waals surface area contributed by atoms with Crippen molar-refractivity contribution in [3.8, 4) is 5.75 Å². The van der Waals surface area contributed by atoms with Crippen LogP contribution in [-0.2, 0) is 0 Å². The number of aryl methyl sites for hydroxylation is 1. The lowest BCUT2D eigenvalue weighted by Gasteiger charge is -2.41. The molecule has 1 aliphatic rings. The number of aromatic nitrogens is 1. The van der Waals surface area contributed by atoms with Gasteiger partial charge in [-0.2, -0.15) is 0 Å². The van der Waals surface area contributed by atoms with Crippen LogP contribution in [0.3, 0.4) is 0 Å². The molecule has 1 atom stereocenters. The number of hydrogen-bond acceptors (Lipinski definition) is 4. The highest BCUT2D eigenvalue weighted by Gasteiger charge is 2.26. The summed E-state index contributed by atoms with van der Waals surface area (Å²) in [5.41, 5.74) is 4.23. The Morgan fingerprint density at radius 2 is 2.07 bits per heavy atom. The molecule has 5 heteroatoms. The molecule has 2 aromatic carbocycles.